The first-order valence-corrected chi connectivity index (χ1v) is 4.95. The molecule has 0 spiro atoms. The maximum absolute atomic E-state index is 11.2. The molecule has 4 nitrogen and oxygen atoms in total. The van der Waals surface area contributed by atoms with Gasteiger partial charge in [-0.25, -0.2) is 4.79 Å². The van der Waals surface area contributed by atoms with E-state index in [-0.39, 0.29) is 12.4 Å². The van der Waals surface area contributed by atoms with E-state index in [2.05, 4.69) is 5.32 Å². The molecule has 1 amide bonds. The number of carbonyl (C=O) groups excluding carboxylic acids is 2. The predicted molar refractivity (Wildman–Crippen MR) is 57.5 cm³/mol. The van der Waals surface area contributed by atoms with Crippen molar-refractivity contribution >= 4 is 11.9 Å². The predicted octanol–water partition coefficient (Wildman–Crippen LogP) is 1.77. The zero-order valence-electron chi connectivity index (χ0n) is 8.60. The smallest absolute Gasteiger partial charge is 0.411 e. The van der Waals surface area contributed by atoms with E-state index in [4.69, 9.17) is 4.74 Å². The van der Waals surface area contributed by atoms with Gasteiger partial charge in [-0.05, 0) is 5.56 Å². The summed E-state index contributed by atoms with van der Waals surface area (Å²) in [4.78, 5) is 21.8. The molecule has 16 heavy (non-hydrogen) atoms. The van der Waals surface area contributed by atoms with Crippen LogP contribution in [-0.2, 0) is 16.1 Å². The van der Waals surface area contributed by atoms with Gasteiger partial charge in [0.2, 0.25) is 0 Å². The molecule has 0 atom stereocenters. The summed E-state index contributed by atoms with van der Waals surface area (Å²) in [5.74, 6) is 0.0263. The fourth-order valence-corrected chi connectivity index (χ4v) is 1.32. The van der Waals surface area contributed by atoms with E-state index in [0.717, 1.165) is 5.56 Å². The molecule has 1 aliphatic rings. The minimum absolute atomic E-state index is 0.0263. The zero-order valence-corrected chi connectivity index (χ0v) is 8.60. The number of nitrogens with one attached hydrogen (secondary N) is 1. The highest BCUT2D eigenvalue weighted by molar-refractivity contribution is 5.99. The van der Waals surface area contributed by atoms with Crippen molar-refractivity contribution in [3.8, 4) is 0 Å². The van der Waals surface area contributed by atoms with Gasteiger partial charge in [-0.15, -0.1) is 0 Å². The molecule has 2 rings (SSSR count). The molecule has 4 heteroatoms. The molecule has 0 unspecified atom stereocenters. The highest BCUT2D eigenvalue weighted by Gasteiger charge is 2.17. The SMILES string of the molecule is O=C1C=C(NC(=O)OCc2ccccc2)C1. The van der Waals surface area contributed by atoms with Crippen molar-refractivity contribution in [2.75, 3.05) is 0 Å². The lowest BCUT2D eigenvalue weighted by atomic mass is 10.1. The number of ketones is 1. The van der Waals surface area contributed by atoms with Crippen molar-refractivity contribution in [2.24, 2.45) is 0 Å². The Balaban J connectivity index is 1.76. The van der Waals surface area contributed by atoms with Crippen molar-refractivity contribution in [1.29, 1.82) is 0 Å². The maximum atomic E-state index is 11.2. The van der Waals surface area contributed by atoms with Crippen molar-refractivity contribution in [1.82, 2.24) is 5.32 Å². The first kappa shape index (κ1) is 10.4. The minimum atomic E-state index is -0.525. The summed E-state index contributed by atoms with van der Waals surface area (Å²) < 4.78 is 4.97. The molecule has 0 fully saturated rings. The second-order valence-corrected chi connectivity index (χ2v) is 3.50. The minimum Gasteiger partial charge on any atom is -0.444 e. The molecular weight excluding hydrogens is 206 g/mol. The van der Waals surface area contributed by atoms with E-state index in [1.807, 2.05) is 30.3 Å². The quantitative estimate of drug-likeness (QED) is 0.839. The molecule has 1 aromatic carbocycles. The Hall–Kier alpha value is -2.10. The molecule has 0 aliphatic heterocycles. The molecule has 1 aliphatic carbocycles. The van der Waals surface area contributed by atoms with Crippen LogP contribution in [0.25, 0.3) is 0 Å². The van der Waals surface area contributed by atoms with E-state index < -0.39 is 6.09 Å². The van der Waals surface area contributed by atoms with Gasteiger partial charge in [-0.2, -0.15) is 0 Å². The normalized spacial score (nSPS) is 13.8. The van der Waals surface area contributed by atoms with Crippen molar-refractivity contribution in [2.45, 2.75) is 13.0 Å². The summed E-state index contributed by atoms with van der Waals surface area (Å²) >= 11 is 0. The van der Waals surface area contributed by atoms with Crippen LogP contribution >= 0.6 is 0 Å². The summed E-state index contributed by atoms with van der Waals surface area (Å²) in [5, 5.41) is 2.50. The highest BCUT2D eigenvalue weighted by Crippen LogP contribution is 2.10. The molecule has 0 aromatic heterocycles. The largest absolute Gasteiger partial charge is 0.444 e. The Morgan fingerprint density at radius 2 is 2.00 bits per heavy atom. The number of alkyl carbamates (subject to hydrolysis) is 1. The lowest BCUT2D eigenvalue weighted by molar-refractivity contribution is -0.115. The van der Waals surface area contributed by atoms with Gasteiger partial charge in [0.25, 0.3) is 0 Å². The van der Waals surface area contributed by atoms with E-state index >= 15 is 0 Å². The summed E-state index contributed by atoms with van der Waals surface area (Å²) in [5.41, 5.74) is 1.54. The number of ether oxygens (including phenoxy) is 1. The first-order valence-electron chi connectivity index (χ1n) is 4.95. The molecule has 82 valence electrons. The summed E-state index contributed by atoms with van der Waals surface area (Å²) in [6.07, 6.45) is 1.16. The first-order chi connectivity index (χ1) is 7.74. The Labute approximate surface area is 92.9 Å². The second-order valence-electron chi connectivity index (χ2n) is 3.50. The van der Waals surface area contributed by atoms with Gasteiger partial charge < -0.3 is 4.74 Å². The third-order valence-electron chi connectivity index (χ3n) is 2.18. The summed E-state index contributed by atoms with van der Waals surface area (Å²) in [7, 11) is 0. The number of benzene rings is 1. The van der Waals surface area contributed by atoms with E-state index in [1.165, 1.54) is 6.08 Å². The number of amides is 1. The Bertz CT molecular complexity index is 437. The monoisotopic (exact) mass is 217 g/mol. The summed E-state index contributed by atoms with van der Waals surface area (Å²) in [6.45, 7) is 0.230. The molecule has 0 bridgehead atoms. The molecule has 0 saturated carbocycles. The Morgan fingerprint density at radius 1 is 1.31 bits per heavy atom. The van der Waals surface area contributed by atoms with Crippen LogP contribution in [0.4, 0.5) is 4.79 Å². The van der Waals surface area contributed by atoms with Crippen LogP contribution in [0.2, 0.25) is 0 Å². The third-order valence-corrected chi connectivity index (χ3v) is 2.18. The van der Waals surface area contributed by atoms with Gasteiger partial charge in [-0.3, -0.25) is 10.1 Å². The van der Waals surface area contributed by atoms with Crippen LogP contribution in [0.5, 0.6) is 0 Å². The average molecular weight is 217 g/mol. The third kappa shape index (κ3) is 2.70. The standard InChI is InChI=1S/C12H11NO3/c14-11-6-10(7-11)13-12(15)16-8-9-4-2-1-3-5-9/h1-6H,7-8H2,(H,13,15). The van der Waals surface area contributed by atoms with Gasteiger partial charge in [0.05, 0.1) is 6.42 Å². The average Bonchev–Trinajstić information content (AvgIpc) is 2.26. The van der Waals surface area contributed by atoms with E-state index in [9.17, 15) is 9.59 Å². The van der Waals surface area contributed by atoms with Gasteiger partial charge in [0.1, 0.15) is 6.61 Å². The van der Waals surface area contributed by atoms with Gasteiger partial charge >= 0.3 is 6.09 Å². The summed E-state index contributed by atoms with van der Waals surface area (Å²) in [6, 6.07) is 9.40. The molecule has 1 N–H and O–H groups in total. The van der Waals surface area contributed by atoms with E-state index in [1.54, 1.807) is 0 Å². The van der Waals surface area contributed by atoms with Crippen LogP contribution in [0.15, 0.2) is 42.1 Å². The number of rotatable bonds is 3. The van der Waals surface area contributed by atoms with Crippen molar-refractivity contribution in [3.63, 3.8) is 0 Å². The van der Waals surface area contributed by atoms with Crippen molar-refractivity contribution < 1.29 is 14.3 Å². The number of carbonyl (C=O) groups is 2. The second kappa shape index (κ2) is 4.61. The molecule has 1 aromatic rings. The fraction of sp³-hybridized carbons (Fsp3) is 0.167. The lowest BCUT2D eigenvalue weighted by Crippen LogP contribution is -2.29. The number of hydrogen-bond acceptors (Lipinski definition) is 3. The van der Waals surface area contributed by atoms with Crippen LogP contribution in [-0.4, -0.2) is 11.9 Å². The van der Waals surface area contributed by atoms with Gasteiger partial charge in [-0.1, -0.05) is 30.3 Å². The highest BCUT2D eigenvalue weighted by atomic mass is 16.5. The van der Waals surface area contributed by atoms with Crippen LogP contribution in [0.3, 0.4) is 0 Å². The Kier molecular flexibility index (Phi) is 3.00. The van der Waals surface area contributed by atoms with Crippen LogP contribution in [0, 0.1) is 0 Å². The van der Waals surface area contributed by atoms with Gasteiger partial charge in [0, 0.05) is 11.8 Å². The maximum Gasteiger partial charge on any atom is 0.411 e. The number of hydrogen-bond donors (Lipinski definition) is 1. The van der Waals surface area contributed by atoms with Crippen molar-refractivity contribution in [3.05, 3.63) is 47.7 Å². The lowest BCUT2D eigenvalue weighted by Gasteiger charge is -2.14. The number of allylic oxidation sites excluding steroid dienone is 2. The zero-order chi connectivity index (χ0) is 11.4. The Morgan fingerprint density at radius 3 is 2.62 bits per heavy atom. The molecule has 0 radical (unpaired) electrons. The molecule has 0 saturated heterocycles. The fourth-order valence-electron chi connectivity index (χ4n) is 1.32. The molecule has 0 heterocycles. The van der Waals surface area contributed by atoms with E-state index in [0.29, 0.717) is 12.1 Å². The van der Waals surface area contributed by atoms with Crippen LogP contribution in [0.1, 0.15) is 12.0 Å². The van der Waals surface area contributed by atoms with Gasteiger partial charge in [0.15, 0.2) is 5.78 Å². The van der Waals surface area contributed by atoms with Crippen LogP contribution < -0.4 is 5.32 Å². The molecular formula is C12H11NO3. The topological polar surface area (TPSA) is 55.4 Å².